The minimum Gasteiger partial charge on any atom is -0.508 e. The van der Waals surface area contributed by atoms with Gasteiger partial charge in [-0.25, -0.2) is 0 Å². The Morgan fingerprint density at radius 1 is 1.28 bits per heavy atom. The second-order valence-electron chi connectivity index (χ2n) is 5.22. The Morgan fingerprint density at radius 2 is 2.00 bits per heavy atom. The fraction of sp³-hybridized carbons (Fsp3) is 0.600. The second-order valence-corrected chi connectivity index (χ2v) is 6.36. The maximum atomic E-state index is 9.80. The zero-order valence-electron chi connectivity index (χ0n) is 11.3. The number of benzene rings is 1. The number of hydrogen-bond acceptors (Lipinski definition) is 3. The first-order chi connectivity index (χ1) is 8.69. The van der Waals surface area contributed by atoms with E-state index in [0.29, 0.717) is 11.8 Å². The largest absolute Gasteiger partial charge is 0.508 e. The third-order valence-electron chi connectivity index (χ3n) is 3.82. The van der Waals surface area contributed by atoms with E-state index in [9.17, 15) is 5.11 Å². The van der Waals surface area contributed by atoms with E-state index in [1.165, 1.54) is 31.2 Å². The quantitative estimate of drug-likeness (QED) is 0.874. The van der Waals surface area contributed by atoms with Crippen molar-refractivity contribution in [3.05, 3.63) is 29.3 Å². The van der Waals surface area contributed by atoms with Crippen LogP contribution in [0.5, 0.6) is 5.75 Å². The second kappa shape index (κ2) is 6.48. The van der Waals surface area contributed by atoms with Crippen LogP contribution in [0.15, 0.2) is 18.2 Å². The third kappa shape index (κ3) is 3.66. The summed E-state index contributed by atoms with van der Waals surface area (Å²) in [6.45, 7) is 2.84. The van der Waals surface area contributed by atoms with E-state index in [2.05, 4.69) is 24.6 Å². The Morgan fingerprint density at radius 3 is 2.67 bits per heavy atom. The van der Waals surface area contributed by atoms with Gasteiger partial charge in [0.2, 0.25) is 0 Å². The van der Waals surface area contributed by atoms with E-state index in [-0.39, 0.29) is 0 Å². The Kier molecular flexibility index (Phi) is 4.95. The van der Waals surface area contributed by atoms with Gasteiger partial charge in [-0.05, 0) is 44.9 Å². The average Bonchev–Trinajstić information content (AvgIpc) is 2.40. The molecule has 2 N–H and O–H groups in total. The molecule has 3 heteroatoms. The molecular weight excluding hydrogens is 242 g/mol. The number of thioether (sulfide) groups is 1. The van der Waals surface area contributed by atoms with E-state index in [1.807, 2.05) is 17.8 Å². The highest BCUT2D eigenvalue weighted by atomic mass is 32.2. The highest BCUT2D eigenvalue weighted by Crippen LogP contribution is 2.27. The fourth-order valence-corrected chi connectivity index (χ4v) is 3.36. The summed E-state index contributed by atoms with van der Waals surface area (Å²) in [4.78, 5) is 0. The van der Waals surface area contributed by atoms with Crippen LogP contribution in [0.1, 0.15) is 36.8 Å². The molecule has 18 heavy (non-hydrogen) atoms. The number of phenols is 1. The molecule has 0 aliphatic heterocycles. The van der Waals surface area contributed by atoms with Crippen LogP contribution < -0.4 is 5.32 Å². The van der Waals surface area contributed by atoms with Gasteiger partial charge in [-0.2, -0.15) is 11.8 Å². The van der Waals surface area contributed by atoms with Crippen LogP contribution >= 0.6 is 11.8 Å². The Labute approximate surface area is 114 Å². The third-order valence-corrected chi connectivity index (χ3v) is 4.96. The summed E-state index contributed by atoms with van der Waals surface area (Å²) < 4.78 is 0. The SMILES string of the molecule is CSC1CCC(NCc2cc(C)ccc2O)CC1. The van der Waals surface area contributed by atoms with Crippen molar-refractivity contribution in [1.29, 1.82) is 0 Å². The number of nitrogens with one attached hydrogen (secondary N) is 1. The van der Waals surface area contributed by atoms with E-state index in [0.717, 1.165) is 17.4 Å². The molecule has 0 spiro atoms. The molecule has 0 atom stereocenters. The first-order valence-electron chi connectivity index (χ1n) is 6.73. The molecule has 0 aromatic heterocycles. The van der Waals surface area contributed by atoms with Crippen LogP contribution in [0, 0.1) is 6.92 Å². The minimum atomic E-state index is 0.408. The summed E-state index contributed by atoms with van der Waals surface area (Å²) in [5.41, 5.74) is 2.22. The lowest BCUT2D eigenvalue weighted by atomic mass is 9.94. The van der Waals surface area contributed by atoms with E-state index in [1.54, 1.807) is 6.07 Å². The summed E-state index contributed by atoms with van der Waals surface area (Å²) in [5.74, 6) is 0.408. The van der Waals surface area contributed by atoms with Crippen LogP contribution in [0.25, 0.3) is 0 Å². The number of rotatable bonds is 4. The summed E-state index contributed by atoms with van der Waals surface area (Å²) in [7, 11) is 0. The molecule has 0 heterocycles. The number of hydrogen-bond donors (Lipinski definition) is 2. The summed E-state index contributed by atoms with van der Waals surface area (Å²) in [6.07, 6.45) is 7.37. The predicted octanol–water partition coefficient (Wildman–Crippen LogP) is 3.46. The molecule has 1 fully saturated rings. The van der Waals surface area contributed by atoms with E-state index < -0.39 is 0 Å². The van der Waals surface area contributed by atoms with Crippen molar-refractivity contribution in [2.24, 2.45) is 0 Å². The van der Waals surface area contributed by atoms with Crippen molar-refractivity contribution < 1.29 is 5.11 Å². The lowest BCUT2D eigenvalue weighted by molar-refractivity contribution is 0.375. The number of aromatic hydroxyl groups is 1. The summed E-state index contributed by atoms with van der Waals surface area (Å²) in [5, 5.41) is 14.2. The van der Waals surface area contributed by atoms with E-state index >= 15 is 0 Å². The number of aryl methyl sites for hydroxylation is 1. The normalized spacial score (nSPS) is 24.1. The van der Waals surface area contributed by atoms with Gasteiger partial charge in [-0.1, -0.05) is 17.7 Å². The van der Waals surface area contributed by atoms with Crippen LogP contribution in [0.4, 0.5) is 0 Å². The first-order valence-corrected chi connectivity index (χ1v) is 8.02. The topological polar surface area (TPSA) is 32.3 Å². The molecule has 0 saturated heterocycles. The molecule has 0 amide bonds. The van der Waals surface area contributed by atoms with Crippen LogP contribution in [0.3, 0.4) is 0 Å². The Hall–Kier alpha value is -0.670. The van der Waals surface area contributed by atoms with Gasteiger partial charge in [0.1, 0.15) is 5.75 Å². The zero-order chi connectivity index (χ0) is 13.0. The smallest absolute Gasteiger partial charge is 0.120 e. The fourth-order valence-electron chi connectivity index (χ4n) is 2.61. The summed E-state index contributed by atoms with van der Waals surface area (Å²) >= 11 is 2.00. The van der Waals surface area contributed by atoms with Crippen molar-refractivity contribution >= 4 is 11.8 Å². The average molecular weight is 265 g/mol. The van der Waals surface area contributed by atoms with Crippen molar-refractivity contribution in [2.75, 3.05) is 6.26 Å². The molecule has 1 aliphatic carbocycles. The highest BCUT2D eigenvalue weighted by molar-refractivity contribution is 7.99. The molecule has 1 aromatic rings. The summed E-state index contributed by atoms with van der Waals surface area (Å²) in [6, 6.07) is 6.42. The Bertz CT molecular complexity index is 386. The monoisotopic (exact) mass is 265 g/mol. The molecule has 0 unspecified atom stereocenters. The first kappa shape index (κ1) is 13.8. The van der Waals surface area contributed by atoms with Gasteiger partial charge < -0.3 is 10.4 Å². The standard InChI is InChI=1S/C15H23NOS/c1-11-3-8-15(17)12(9-11)10-16-13-4-6-14(18-2)7-5-13/h3,8-9,13-14,16-17H,4-7,10H2,1-2H3. The van der Waals surface area contributed by atoms with Crippen molar-refractivity contribution in [3.8, 4) is 5.75 Å². The minimum absolute atomic E-state index is 0.408. The number of phenolic OH excluding ortho intramolecular Hbond substituents is 1. The van der Waals surface area contributed by atoms with Gasteiger partial charge in [0.05, 0.1) is 0 Å². The van der Waals surface area contributed by atoms with Gasteiger partial charge in [0, 0.05) is 23.4 Å². The lowest BCUT2D eigenvalue weighted by Gasteiger charge is -2.28. The van der Waals surface area contributed by atoms with Crippen LogP contribution in [0.2, 0.25) is 0 Å². The van der Waals surface area contributed by atoms with E-state index in [4.69, 9.17) is 0 Å². The lowest BCUT2D eigenvalue weighted by Crippen LogP contribution is -2.33. The van der Waals surface area contributed by atoms with Gasteiger partial charge in [-0.3, -0.25) is 0 Å². The maximum absolute atomic E-state index is 9.80. The van der Waals surface area contributed by atoms with Crippen LogP contribution in [-0.2, 0) is 6.54 Å². The molecule has 100 valence electrons. The van der Waals surface area contributed by atoms with Crippen molar-refractivity contribution in [1.82, 2.24) is 5.32 Å². The molecule has 0 bridgehead atoms. The molecular formula is C15H23NOS. The highest BCUT2D eigenvalue weighted by Gasteiger charge is 2.20. The van der Waals surface area contributed by atoms with Crippen molar-refractivity contribution in [3.63, 3.8) is 0 Å². The van der Waals surface area contributed by atoms with Gasteiger partial charge >= 0.3 is 0 Å². The maximum Gasteiger partial charge on any atom is 0.120 e. The molecule has 1 aliphatic rings. The Balaban J connectivity index is 1.83. The predicted molar refractivity (Wildman–Crippen MR) is 79.2 cm³/mol. The van der Waals surface area contributed by atoms with Gasteiger partial charge in [-0.15, -0.1) is 0 Å². The van der Waals surface area contributed by atoms with Gasteiger partial charge in [0.25, 0.3) is 0 Å². The van der Waals surface area contributed by atoms with Crippen molar-refractivity contribution in [2.45, 2.75) is 50.4 Å². The van der Waals surface area contributed by atoms with Crippen LogP contribution in [-0.4, -0.2) is 22.7 Å². The molecule has 2 nitrogen and oxygen atoms in total. The molecule has 1 saturated carbocycles. The molecule has 0 radical (unpaired) electrons. The molecule has 1 aromatic carbocycles. The zero-order valence-corrected chi connectivity index (χ0v) is 12.1. The van der Waals surface area contributed by atoms with Gasteiger partial charge in [0.15, 0.2) is 0 Å². The molecule has 2 rings (SSSR count).